The highest BCUT2D eigenvalue weighted by atomic mass is 19.1. The molecule has 0 atom stereocenters. The fourth-order valence-electron chi connectivity index (χ4n) is 4.72. The lowest BCUT2D eigenvalue weighted by atomic mass is 10.0. The van der Waals surface area contributed by atoms with E-state index in [0.717, 1.165) is 23.5 Å². The number of nitrogens with zero attached hydrogens (tertiary/aromatic N) is 5. The number of nitrogens with one attached hydrogen (secondary N) is 3. The number of nitrogens with two attached hydrogens (primary N) is 1. The minimum atomic E-state index is -0.470. The summed E-state index contributed by atoms with van der Waals surface area (Å²) in [6.45, 7) is 3.84. The van der Waals surface area contributed by atoms with Gasteiger partial charge in [-0.1, -0.05) is 6.92 Å². The van der Waals surface area contributed by atoms with E-state index in [-0.39, 0.29) is 5.91 Å². The van der Waals surface area contributed by atoms with Crippen molar-refractivity contribution in [2.75, 3.05) is 5.32 Å². The fraction of sp³-hybridized carbons (Fsp3) is 0.179. The number of hydrogen-bond donors (Lipinski definition) is 4. The van der Waals surface area contributed by atoms with Crippen LogP contribution >= 0.6 is 0 Å². The van der Waals surface area contributed by atoms with Gasteiger partial charge in [0.1, 0.15) is 17.2 Å². The quantitative estimate of drug-likeness (QED) is 0.254. The van der Waals surface area contributed by atoms with Gasteiger partial charge in [-0.2, -0.15) is 5.10 Å². The van der Waals surface area contributed by atoms with Gasteiger partial charge in [-0.05, 0) is 43.7 Å². The van der Waals surface area contributed by atoms with Crippen LogP contribution in [0.5, 0.6) is 0 Å². The molecule has 0 fully saturated rings. The van der Waals surface area contributed by atoms with Crippen LogP contribution in [0.3, 0.4) is 0 Å². The van der Waals surface area contributed by atoms with E-state index in [1.165, 1.54) is 0 Å². The van der Waals surface area contributed by atoms with Crippen molar-refractivity contribution in [2.45, 2.75) is 33.1 Å². The predicted octanol–water partition coefficient (Wildman–Crippen LogP) is 4.69. The molecule has 0 spiro atoms. The maximum Gasteiger partial charge on any atom is 0.224 e. The SMILES string of the molecule is CCCC(=O)Nc1cncc(-c2ccc3[nH]nc(-c4nc5c([nH]4)CC(N)=CC=C5n4cnc(C)c4)c3c2F)c1. The number of carbonyl (C=O) groups is 1. The lowest BCUT2D eigenvalue weighted by Crippen LogP contribution is -2.10. The number of allylic oxidation sites excluding steroid dienone is 3. The van der Waals surface area contributed by atoms with E-state index in [4.69, 9.17) is 10.7 Å². The van der Waals surface area contributed by atoms with Crippen LogP contribution in [0.4, 0.5) is 10.1 Å². The standard InChI is InChI=1S/C28H26FN9O/c1-3-4-23(39)33-18-9-16(11-31-12-18)19-6-7-20-24(25(19)29)27(37-36-20)28-34-21-10-17(30)5-8-22(26(21)35-28)38-13-15(2)32-14-38/h5-9,11-14H,3-4,10,30H2,1-2H3,(H,33,39)(H,34,35)(H,36,37). The van der Waals surface area contributed by atoms with E-state index in [1.807, 2.05) is 36.8 Å². The van der Waals surface area contributed by atoms with E-state index in [0.29, 0.717) is 63.5 Å². The summed E-state index contributed by atoms with van der Waals surface area (Å²) < 4.78 is 18.0. The van der Waals surface area contributed by atoms with Gasteiger partial charge in [-0.15, -0.1) is 0 Å². The van der Waals surface area contributed by atoms with Crippen molar-refractivity contribution < 1.29 is 9.18 Å². The molecule has 1 amide bonds. The van der Waals surface area contributed by atoms with Crippen LogP contribution in [-0.4, -0.2) is 40.6 Å². The average molecular weight is 524 g/mol. The third-order valence-electron chi connectivity index (χ3n) is 6.55. The number of benzene rings is 1. The van der Waals surface area contributed by atoms with Gasteiger partial charge in [0.2, 0.25) is 5.91 Å². The summed E-state index contributed by atoms with van der Waals surface area (Å²) in [6, 6.07) is 5.14. The third-order valence-corrected chi connectivity index (χ3v) is 6.55. The first-order valence-corrected chi connectivity index (χ1v) is 12.6. The molecular weight excluding hydrogens is 497 g/mol. The second-order valence-electron chi connectivity index (χ2n) is 9.49. The molecule has 0 radical (unpaired) electrons. The van der Waals surface area contributed by atoms with Crippen LogP contribution in [0.1, 0.15) is 36.8 Å². The molecule has 4 aromatic heterocycles. The van der Waals surface area contributed by atoms with Gasteiger partial charge >= 0.3 is 0 Å². The molecule has 196 valence electrons. The van der Waals surface area contributed by atoms with Gasteiger partial charge in [0.05, 0.1) is 46.2 Å². The molecule has 0 bridgehead atoms. The van der Waals surface area contributed by atoms with Crippen molar-refractivity contribution in [3.8, 4) is 22.6 Å². The molecule has 1 aliphatic carbocycles. The summed E-state index contributed by atoms with van der Waals surface area (Å²) in [5, 5.41) is 10.4. The second-order valence-corrected chi connectivity index (χ2v) is 9.49. The normalized spacial score (nSPS) is 13.1. The van der Waals surface area contributed by atoms with Crippen molar-refractivity contribution in [3.05, 3.63) is 83.9 Å². The third kappa shape index (κ3) is 4.48. The van der Waals surface area contributed by atoms with Crippen molar-refractivity contribution >= 4 is 28.2 Å². The molecule has 4 heterocycles. The highest BCUT2D eigenvalue weighted by molar-refractivity contribution is 5.96. The Hall–Kier alpha value is -5.06. The van der Waals surface area contributed by atoms with Gasteiger partial charge in [0.25, 0.3) is 0 Å². The van der Waals surface area contributed by atoms with Crippen LogP contribution in [0.25, 0.3) is 39.2 Å². The molecule has 0 saturated carbocycles. The first-order valence-electron chi connectivity index (χ1n) is 12.6. The fourth-order valence-corrected chi connectivity index (χ4v) is 4.72. The average Bonchev–Trinajstić information content (AvgIpc) is 3.62. The Bertz CT molecular complexity index is 1790. The van der Waals surface area contributed by atoms with Crippen molar-refractivity contribution in [2.24, 2.45) is 5.73 Å². The molecule has 0 saturated heterocycles. The predicted molar refractivity (Wildman–Crippen MR) is 147 cm³/mol. The second kappa shape index (κ2) is 9.67. The number of H-pyrrole nitrogens is 2. The molecule has 1 aromatic carbocycles. The van der Waals surface area contributed by atoms with E-state index in [9.17, 15) is 4.79 Å². The molecule has 5 aromatic rings. The van der Waals surface area contributed by atoms with Gasteiger partial charge < -0.3 is 20.6 Å². The number of halogens is 1. The molecule has 6 rings (SSSR count). The Balaban J connectivity index is 1.43. The number of aromatic amines is 2. The van der Waals surface area contributed by atoms with E-state index < -0.39 is 5.82 Å². The maximum absolute atomic E-state index is 16.1. The zero-order chi connectivity index (χ0) is 27.1. The highest BCUT2D eigenvalue weighted by Crippen LogP contribution is 2.35. The summed E-state index contributed by atoms with van der Waals surface area (Å²) in [7, 11) is 0. The lowest BCUT2D eigenvalue weighted by molar-refractivity contribution is -0.116. The van der Waals surface area contributed by atoms with Gasteiger partial charge in [0, 0.05) is 42.1 Å². The monoisotopic (exact) mass is 523 g/mol. The number of hydrogen-bond acceptors (Lipinski definition) is 6. The molecule has 0 aliphatic heterocycles. The van der Waals surface area contributed by atoms with Crippen LogP contribution in [0, 0.1) is 12.7 Å². The summed E-state index contributed by atoms with van der Waals surface area (Å²) >= 11 is 0. The van der Waals surface area contributed by atoms with E-state index >= 15 is 4.39 Å². The smallest absolute Gasteiger partial charge is 0.224 e. The van der Waals surface area contributed by atoms with E-state index in [2.05, 4.69) is 30.5 Å². The number of amides is 1. The van der Waals surface area contributed by atoms with Crippen molar-refractivity contribution in [3.63, 3.8) is 0 Å². The Morgan fingerprint density at radius 3 is 2.90 bits per heavy atom. The molecule has 5 N–H and O–H groups in total. The number of carbonyl (C=O) groups excluding carboxylic acids is 1. The zero-order valence-corrected chi connectivity index (χ0v) is 21.4. The van der Waals surface area contributed by atoms with Crippen LogP contribution in [-0.2, 0) is 11.2 Å². The Kier molecular flexibility index (Phi) is 6.02. The number of anilines is 1. The first kappa shape index (κ1) is 24.3. The molecule has 10 nitrogen and oxygen atoms in total. The van der Waals surface area contributed by atoms with E-state index in [1.54, 1.807) is 36.9 Å². The van der Waals surface area contributed by atoms with Gasteiger partial charge in [0.15, 0.2) is 5.82 Å². The lowest BCUT2D eigenvalue weighted by Gasteiger charge is -2.08. The van der Waals surface area contributed by atoms with Crippen molar-refractivity contribution in [1.82, 2.24) is 34.7 Å². The summed E-state index contributed by atoms with van der Waals surface area (Å²) in [6.07, 6.45) is 12.1. The largest absolute Gasteiger partial charge is 0.402 e. The minimum Gasteiger partial charge on any atom is -0.402 e. The number of rotatable bonds is 6. The minimum absolute atomic E-state index is 0.114. The number of aryl methyl sites for hydroxylation is 1. The Labute approximate surface area is 222 Å². The Morgan fingerprint density at radius 1 is 1.23 bits per heavy atom. The topological polar surface area (TPSA) is 143 Å². The zero-order valence-electron chi connectivity index (χ0n) is 21.4. The van der Waals surface area contributed by atoms with Crippen LogP contribution in [0.15, 0.2) is 61.0 Å². The molecular formula is C28H26FN9O. The number of aromatic nitrogens is 7. The number of fused-ring (bicyclic) bond motifs is 2. The number of imidazole rings is 2. The molecule has 11 heteroatoms. The van der Waals surface area contributed by atoms with Gasteiger partial charge in [-0.25, -0.2) is 14.4 Å². The van der Waals surface area contributed by atoms with Crippen molar-refractivity contribution in [1.29, 1.82) is 0 Å². The highest BCUT2D eigenvalue weighted by Gasteiger charge is 2.24. The number of pyridine rings is 1. The molecule has 0 unspecified atom stereocenters. The van der Waals surface area contributed by atoms with Crippen LogP contribution < -0.4 is 11.1 Å². The molecule has 39 heavy (non-hydrogen) atoms. The summed E-state index contributed by atoms with van der Waals surface area (Å²) in [5.41, 5.74) is 12.3. The summed E-state index contributed by atoms with van der Waals surface area (Å²) in [5.74, 6) is -0.169. The summed E-state index contributed by atoms with van der Waals surface area (Å²) in [4.78, 5) is 28.8. The maximum atomic E-state index is 16.1. The Morgan fingerprint density at radius 2 is 2.10 bits per heavy atom. The van der Waals surface area contributed by atoms with Crippen LogP contribution in [0.2, 0.25) is 0 Å². The first-order chi connectivity index (χ1) is 18.9. The molecule has 1 aliphatic rings. The van der Waals surface area contributed by atoms with Gasteiger partial charge in [-0.3, -0.25) is 14.9 Å².